The fraction of sp³-hybridized carbons (Fsp3) is 0.412. The molecule has 2 rings (SSSR count). The van der Waals surface area contributed by atoms with Crippen LogP contribution in [0, 0.1) is 0 Å². The third kappa shape index (κ3) is 4.65. The molecule has 1 aliphatic carbocycles. The Morgan fingerprint density at radius 1 is 1.10 bits per heavy atom. The van der Waals surface area contributed by atoms with Gasteiger partial charge in [-0.1, -0.05) is 29.8 Å². The van der Waals surface area contributed by atoms with E-state index in [1.807, 2.05) is 6.07 Å². The zero-order valence-corrected chi connectivity index (χ0v) is 11.6. The van der Waals surface area contributed by atoms with Crippen molar-refractivity contribution in [3.63, 3.8) is 0 Å². The first-order chi connectivity index (χ1) is 9.75. The number of ketones is 1. The third-order valence-corrected chi connectivity index (χ3v) is 3.48. The van der Waals surface area contributed by atoms with Crippen LogP contribution in [0.4, 0.5) is 0 Å². The van der Waals surface area contributed by atoms with Gasteiger partial charge < -0.3 is 4.74 Å². The lowest BCUT2D eigenvalue weighted by atomic mass is 10.1. The molecule has 20 heavy (non-hydrogen) atoms. The van der Waals surface area contributed by atoms with Crippen LogP contribution in [0.5, 0.6) is 0 Å². The zero-order valence-electron chi connectivity index (χ0n) is 11.6. The predicted molar refractivity (Wildman–Crippen MR) is 77.5 cm³/mol. The Labute approximate surface area is 119 Å². The molecule has 0 spiro atoms. The van der Waals surface area contributed by atoms with E-state index in [1.165, 1.54) is 31.3 Å². The summed E-state index contributed by atoms with van der Waals surface area (Å²) in [5.41, 5.74) is 1.95. The summed E-state index contributed by atoms with van der Waals surface area (Å²) in [6.07, 6.45) is 8.28. The number of carbonyl (C=O) groups excluding carboxylic acids is 2. The topological polar surface area (TPSA) is 43.4 Å². The van der Waals surface area contributed by atoms with Crippen LogP contribution in [0.3, 0.4) is 0 Å². The highest BCUT2D eigenvalue weighted by atomic mass is 16.5. The first kappa shape index (κ1) is 14.5. The average molecular weight is 272 g/mol. The van der Waals surface area contributed by atoms with E-state index in [4.69, 9.17) is 4.74 Å². The molecule has 0 amide bonds. The van der Waals surface area contributed by atoms with E-state index in [-0.39, 0.29) is 12.4 Å². The maximum absolute atomic E-state index is 11.6. The van der Waals surface area contributed by atoms with Crippen LogP contribution >= 0.6 is 0 Å². The molecule has 1 saturated carbocycles. The number of Topliss-reactive ketones (excluding diaryl/α,β-unsaturated/α-hetero) is 1. The predicted octanol–water partition coefficient (Wildman–Crippen LogP) is 3.69. The first-order valence-corrected chi connectivity index (χ1v) is 7.17. The van der Waals surface area contributed by atoms with Gasteiger partial charge in [-0.2, -0.15) is 0 Å². The van der Waals surface area contributed by atoms with E-state index >= 15 is 0 Å². The molecule has 0 saturated heterocycles. The summed E-state index contributed by atoms with van der Waals surface area (Å²) in [6, 6.07) is 8.73. The molecule has 0 bridgehead atoms. The van der Waals surface area contributed by atoms with Crippen molar-refractivity contribution in [1.82, 2.24) is 0 Å². The highest BCUT2D eigenvalue weighted by Gasteiger charge is 2.10. The van der Waals surface area contributed by atoms with Gasteiger partial charge in [-0.3, -0.25) is 4.79 Å². The van der Waals surface area contributed by atoms with E-state index in [9.17, 15) is 9.59 Å². The molecule has 0 atom stereocenters. The lowest BCUT2D eigenvalue weighted by Gasteiger charge is -2.03. The van der Waals surface area contributed by atoms with Crippen LogP contribution in [0.2, 0.25) is 0 Å². The Bertz CT molecular complexity index is 480. The summed E-state index contributed by atoms with van der Waals surface area (Å²) in [5, 5.41) is 0. The van der Waals surface area contributed by atoms with Gasteiger partial charge in [-0.25, -0.2) is 4.79 Å². The quantitative estimate of drug-likeness (QED) is 0.586. The van der Waals surface area contributed by atoms with Crippen molar-refractivity contribution in [3.8, 4) is 0 Å². The van der Waals surface area contributed by atoms with Crippen molar-refractivity contribution in [2.45, 2.75) is 38.5 Å². The Kier molecular flexibility index (Phi) is 5.54. The SMILES string of the molecule is O=C(CCC=C1CCCC1)COC(=O)c1ccccc1. The second kappa shape index (κ2) is 7.63. The minimum Gasteiger partial charge on any atom is -0.454 e. The largest absolute Gasteiger partial charge is 0.454 e. The van der Waals surface area contributed by atoms with E-state index in [0.29, 0.717) is 12.0 Å². The summed E-state index contributed by atoms with van der Waals surface area (Å²) in [5.74, 6) is -0.461. The smallest absolute Gasteiger partial charge is 0.338 e. The van der Waals surface area contributed by atoms with Gasteiger partial charge in [0.05, 0.1) is 5.56 Å². The van der Waals surface area contributed by atoms with Gasteiger partial charge in [0.15, 0.2) is 5.78 Å². The van der Waals surface area contributed by atoms with Crippen LogP contribution in [0.15, 0.2) is 42.0 Å². The maximum atomic E-state index is 11.6. The number of hydrogen-bond donors (Lipinski definition) is 0. The molecule has 3 nitrogen and oxygen atoms in total. The van der Waals surface area contributed by atoms with Gasteiger partial charge in [0.25, 0.3) is 0 Å². The van der Waals surface area contributed by atoms with Gasteiger partial charge in [0.1, 0.15) is 6.61 Å². The van der Waals surface area contributed by atoms with Crippen molar-refractivity contribution >= 4 is 11.8 Å². The second-order valence-corrected chi connectivity index (χ2v) is 5.09. The summed E-state index contributed by atoms with van der Waals surface area (Å²) >= 11 is 0. The molecule has 106 valence electrons. The molecule has 1 aromatic carbocycles. The number of esters is 1. The molecular formula is C17H20O3. The number of carbonyl (C=O) groups is 2. The molecular weight excluding hydrogens is 252 g/mol. The molecule has 1 aliphatic rings. The highest BCUT2D eigenvalue weighted by molar-refractivity contribution is 5.91. The maximum Gasteiger partial charge on any atom is 0.338 e. The minimum atomic E-state index is -0.437. The van der Waals surface area contributed by atoms with E-state index in [1.54, 1.807) is 24.3 Å². The van der Waals surface area contributed by atoms with Gasteiger partial charge >= 0.3 is 5.97 Å². The Hall–Kier alpha value is -1.90. The van der Waals surface area contributed by atoms with Gasteiger partial charge in [0.2, 0.25) is 0 Å². The van der Waals surface area contributed by atoms with Gasteiger partial charge in [0, 0.05) is 6.42 Å². The van der Waals surface area contributed by atoms with Gasteiger partial charge in [-0.15, -0.1) is 0 Å². The average Bonchev–Trinajstić information content (AvgIpc) is 2.99. The van der Waals surface area contributed by atoms with Crippen molar-refractivity contribution < 1.29 is 14.3 Å². The monoisotopic (exact) mass is 272 g/mol. The molecule has 0 aliphatic heterocycles. The van der Waals surface area contributed by atoms with Crippen LogP contribution in [-0.4, -0.2) is 18.4 Å². The lowest BCUT2D eigenvalue weighted by Crippen LogP contribution is -2.13. The minimum absolute atomic E-state index is 0.0240. The summed E-state index contributed by atoms with van der Waals surface area (Å²) in [4.78, 5) is 23.3. The van der Waals surface area contributed by atoms with E-state index in [0.717, 1.165) is 6.42 Å². The van der Waals surface area contributed by atoms with Crippen LogP contribution in [-0.2, 0) is 9.53 Å². The fourth-order valence-electron chi connectivity index (χ4n) is 2.35. The van der Waals surface area contributed by atoms with Crippen molar-refractivity contribution in [3.05, 3.63) is 47.5 Å². The summed E-state index contributed by atoms with van der Waals surface area (Å²) in [6.45, 7) is -0.128. The summed E-state index contributed by atoms with van der Waals surface area (Å²) in [7, 11) is 0. The highest BCUT2D eigenvalue weighted by Crippen LogP contribution is 2.24. The standard InChI is InChI=1S/C17H20O3/c18-16(12-6-9-14-7-4-5-8-14)13-20-17(19)15-10-2-1-3-11-15/h1-3,9-11H,4-8,12-13H2. The lowest BCUT2D eigenvalue weighted by molar-refractivity contribution is -0.122. The molecule has 1 aromatic rings. The Balaban J connectivity index is 1.67. The molecule has 0 N–H and O–H groups in total. The number of ether oxygens (including phenoxy) is 1. The number of benzene rings is 1. The Morgan fingerprint density at radius 3 is 2.50 bits per heavy atom. The normalized spacial score (nSPS) is 14.1. The van der Waals surface area contributed by atoms with Crippen molar-refractivity contribution in [2.24, 2.45) is 0 Å². The van der Waals surface area contributed by atoms with E-state index < -0.39 is 5.97 Å². The van der Waals surface area contributed by atoms with Gasteiger partial charge in [-0.05, 0) is 44.2 Å². The molecule has 0 unspecified atom stereocenters. The van der Waals surface area contributed by atoms with Crippen LogP contribution in [0.25, 0.3) is 0 Å². The molecule has 1 fully saturated rings. The van der Waals surface area contributed by atoms with Crippen molar-refractivity contribution in [2.75, 3.05) is 6.61 Å². The molecule has 0 radical (unpaired) electrons. The molecule has 0 heterocycles. The summed E-state index contributed by atoms with van der Waals surface area (Å²) < 4.78 is 5.00. The number of rotatable bonds is 6. The zero-order chi connectivity index (χ0) is 14.2. The van der Waals surface area contributed by atoms with E-state index in [2.05, 4.69) is 6.08 Å². The third-order valence-electron chi connectivity index (χ3n) is 3.48. The van der Waals surface area contributed by atoms with Crippen LogP contribution in [0.1, 0.15) is 48.9 Å². The Morgan fingerprint density at radius 2 is 1.80 bits per heavy atom. The molecule has 3 heteroatoms. The molecule has 0 aromatic heterocycles. The fourth-order valence-corrected chi connectivity index (χ4v) is 2.35. The van der Waals surface area contributed by atoms with Crippen molar-refractivity contribution in [1.29, 1.82) is 0 Å². The first-order valence-electron chi connectivity index (χ1n) is 7.17. The number of allylic oxidation sites excluding steroid dienone is 2. The van der Waals surface area contributed by atoms with Crippen LogP contribution < -0.4 is 0 Å². The number of hydrogen-bond acceptors (Lipinski definition) is 3. The second-order valence-electron chi connectivity index (χ2n) is 5.09.